The SMILES string of the molecule is C=COCC(F)C(F)(F)C(F)(F)C(F)(F)C(F)(F)C(F)(F)C(F)(F)F. The van der Waals surface area contributed by atoms with Crippen LogP contribution >= 0.6 is 0 Å². The van der Waals surface area contributed by atoms with E-state index in [4.69, 9.17) is 0 Å². The zero-order chi connectivity index (χ0) is 20.7. The van der Waals surface area contributed by atoms with Crippen LogP contribution in [-0.2, 0) is 4.74 Å². The molecular formula is C10H6F14O. The molecule has 0 rings (SSSR count). The molecule has 0 aromatic rings. The zero-order valence-electron chi connectivity index (χ0n) is 11.3. The van der Waals surface area contributed by atoms with E-state index in [0.29, 0.717) is 0 Å². The lowest BCUT2D eigenvalue weighted by molar-refractivity contribution is -0.443. The molecule has 0 amide bonds. The van der Waals surface area contributed by atoms with Gasteiger partial charge in [-0.05, 0) is 0 Å². The van der Waals surface area contributed by atoms with E-state index in [-0.39, 0.29) is 6.26 Å². The average Bonchev–Trinajstić information content (AvgIpc) is 2.42. The maximum absolute atomic E-state index is 13.1. The molecule has 0 aliphatic rings. The first-order chi connectivity index (χ1) is 10.7. The van der Waals surface area contributed by atoms with Crippen molar-refractivity contribution in [2.24, 2.45) is 0 Å². The highest BCUT2D eigenvalue weighted by atomic mass is 19.4. The van der Waals surface area contributed by atoms with E-state index < -0.39 is 48.6 Å². The molecule has 0 heterocycles. The molecule has 1 atom stereocenters. The number of ether oxygens (including phenoxy) is 1. The van der Waals surface area contributed by atoms with Crippen LogP contribution in [0.25, 0.3) is 0 Å². The van der Waals surface area contributed by atoms with Crippen LogP contribution in [0.15, 0.2) is 12.8 Å². The Morgan fingerprint density at radius 3 is 1.36 bits per heavy atom. The molecule has 0 spiro atoms. The predicted molar refractivity (Wildman–Crippen MR) is 51.8 cm³/mol. The molecule has 0 N–H and O–H groups in total. The molecule has 1 unspecified atom stereocenters. The molecule has 0 aliphatic heterocycles. The van der Waals surface area contributed by atoms with E-state index in [1.165, 1.54) is 0 Å². The van der Waals surface area contributed by atoms with Gasteiger partial charge in [0.25, 0.3) is 0 Å². The number of rotatable bonds is 8. The van der Waals surface area contributed by atoms with Gasteiger partial charge in [0.2, 0.25) is 6.17 Å². The van der Waals surface area contributed by atoms with Crippen molar-refractivity contribution in [1.82, 2.24) is 0 Å². The van der Waals surface area contributed by atoms with Gasteiger partial charge in [-0.15, -0.1) is 0 Å². The van der Waals surface area contributed by atoms with Crippen LogP contribution in [0, 0.1) is 0 Å². The van der Waals surface area contributed by atoms with E-state index in [0.717, 1.165) is 0 Å². The van der Waals surface area contributed by atoms with Gasteiger partial charge in [-0.25, -0.2) is 4.39 Å². The van der Waals surface area contributed by atoms with Gasteiger partial charge >= 0.3 is 35.8 Å². The molecule has 0 aromatic carbocycles. The Kier molecular flexibility index (Phi) is 6.01. The van der Waals surface area contributed by atoms with Gasteiger partial charge in [0, 0.05) is 0 Å². The molecular weight excluding hydrogens is 402 g/mol. The lowest BCUT2D eigenvalue weighted by atomic mass is 9.92. The summed E-state index contributed by atoms with van der Waals surface area (Å²) in [5.74, 6) is -38.4. The van der Waals surface area contributed by atoms with Crippen LogP contribution in [0.3, 0.4) is 0 Å². The quantitative estimate of drug-likeness (QED) is 0.395. The van der Waals surface area contributed by atoms with E-state index in [2.05, 4.69) is 11.3 Å². The van der Waals surface area contributed by atoms with Gasteiger partial charge in [-0.3, -0.25) is 0 Å². The fourth-order valence-electron chi connectivity index (χ4n) is 1.24. The van der Waals surface area contributed by atoms with Gasteiger partial charge in [-0.1, -0.05) is 6.58 Å². The van der Waals surface area contributed by atoms with Crippen molar-refractivity contribution in [3.8, 4) is 0 Å². The van der Waals surface area contributed by atoms with Crippen LogP contribution in [0.1, 0.15) is 0 Å². The highest BCUT2D eigenvalue weighted by Crippen LogP contribution is 2.60. The minimum Gasteiger partial charge on any atom is -0.499 e. The summed E-state index contributed by atoms with van der Waals surface area (Å²) in [6.07, 6.45) is -11.8. The number of halogens is 14. The van der Waals surface area contributed by atoms with E-state index in [9.17, 15) is 61.5 Å². The van der Waals surface area contributed by atoms with Crippen LogP contribution in [0.5, 0.6) is 0 Å². The highest BCUT2D eigenvalue weighted by molar-refractivity contribution is 5.11. The first-order valence-corrected chi connectivity index (χ1v) is 5.55. The Morgan fingerprint density at radius 1 is 0.680 bits per heavy atom. The lowest BCUT2D eigenvalue weighted by Gasteiger charge is -2.40. The monoisotopic (exact) mass is 408 g/mol. The fourth-order valence-corrected chi connectivity index (χ4v) is 1.24. The third-order valence-corrected chi connectivity index (χ3v) is 2.71. The van der Waals surface area contributed by atoms with E-state index in [1.807, 2.05) is 0 Å². The Morgan fingerprint density at radius 2 is 1.04 bits per heavy atom. The maximum atomic E-state index is 13.1. The van der Waals surface area contributed by atoms with Crippen LogP contribution in [-0.4, -0.2) is 48.6 Å². The molecule has 15 heteroatoms. The normalized spacial score (nSPS) is 16.6. The third kappa shape index (κ3) is 3.32. The molecule has 0 aromatic heterocycles. The molecule has 150 valence electrons. The largest absolute Gasteiger partial charge is 0.499 e. The van der Waals surface area contributed by atoms with Gasteiger partial charge in [0.1, 0.15) is 6.61 Å². The Balaban J connectivity index is 6.15. The Labute approximate surface area is 129 Å². The van der Waals surface area contributed by atoms with Crippen molar-refractivity contribution in [1.29, 1.82) is 0 Å². The second-order valence-electron chi connectivity index (χ2n) is 4.39. The van der Waals surface area contributed by atoms with Crippen molar-refractivity contribution in [3.63, 3.8) is 0 Å². The zero-order valence-corrected chi connectivity index (χ0v) is 11.3. The summed E-state index contributed by atoms with van der Waals surface area (Å²) in [4.78, 5) is 0. The summed E-state index contributed by atoms with van der Waals surface area (Å²) in [5, 5.41) is 0. The summed E-state index contributed by atoms with van der Waals surface area (Å²) >= 11 is 0. The van der Waals surface area contributed by atoms with Gasteiger partial charge in [0.05, 0.1) is 6.26 Å². The average molecular weight is 408 g/mol. The van der Waals surface area contributed by atoms with E-state index >= 15 is 0 Å². The van der Waals surface area contributed by atoms with Crippen molar-refractivity contribution in [2.75, 3.05) is 6.61 Å². The van der Waals surface area contributed by atoms with Crippen LogP contribution < -0.4 is 0 Å². The van der Waals surface area contributed by atoms with Gasteiger partial charge in [0.15, 0.2) is 0 Å². The Bertz CT molecular complexity index is 478. The lowest BCUT2D eigenvalue weighted by Crippen LogP contribution is -2.71. The Hall–Kier alpha value is -1.44. The van der Waals surface area contributed by atoms with Crippen molar-refractivity contribution < 1.29 is 66.2 Å². The third-order valence-electron chi connectivity index (χ3n) is 2.71. The molecule has 0 radical (unpaired) electrons. The molecule has 0 fully saturated rings. The number of hydrogen-bond donors (Lipinski definition) is 0. The minimum atomic E-state index is -8.05. The summed E-state index contributed by atoms with van der Waals surface area (Å²) < 4.78 is 181. The van der Waals surface area contributed by atoms with Crippen molar-refractivity contribution in [2.45, 2.75) is 42.0 Å². The topological polar surface area (TPSA) is 9.23 Å². The van der Waals surface area contributed by atoms with Gasteiger partial charge in [-0.2, -0.15) is 57.1 Å². The van der Waals surface area contributed by atoms with Crippen LogP contribution in [0.2, 0.25) is 0 Å². The smallest absolute Gasteiger partial charge is 0.460 e. The molecule has 0 bridgehead atoms. The first kappa shape index (κ1) is 23.6. The standard InChI is InChI=1S/C10H6F14O/c1-2-25-3-4(11)5(12,13)6(14,15)7(16,17)8(18,19)9(20,21)10(22,23)24/h2,4H,1,3H2. The summed E-state index contributed by atoms with van der Waals surface area (Å²) in [5.41, 5.74) is 0. The summed E-state index contributed by atoms with van der Waals surface area (Å²) in [6.45, 7) is 0.447. The fraction of sp³-hybridized carbons (Fsp3) is 0.800. The second kappa shape index (κ2) is 6.37. The van der Waals surface area contributed by atoms with Crippen LogP contribution in [0.4, 0.5) is 61.5 Å². The summed E-state index contributed by atoms with van der Waals surface area (Å²) in [7, 11) is 0. The highest BCUT2D eigenvalue weighted by Gasteiger charge is 2.91. The van der Waals surface area contributed by atoms with Crippen molar-refractivity contribution >= 4 is 0 Å². The number of alkyl halides is 14. The maximum Gasteiger partial charge on any atom is 0.460 e. The molecule has 0 aliphatic carbocycles. The first-order valence-electron chi connectivity index (χ1n) is 5.55. The van der Waals surface area contributed by atoms with E-state index in [1.54, 1.807) is 0 Å². The number of hydrogen-bond acceptors (Lipinski definition) is 1. The van der Waals surface area contributed by atoms with Crippen molar-refractivity contribution in [3.05, 3.63) is 12.8 Å². The minimum absolute atomic E-state index is 0.144. The summed E-state index contributed by atoms with van der Waals surface area (Å²) in [6, 6.07) is 0. The molecule has 1 nitrogen and oxygen atoms in total. The van der Waals surface area contributed by atoms with Gasteiger partial charge < -0.3 is 4.74 Å². The second-order valence-corrected chi connectivity index (χ2v) is 4.39. The predicted octanol–water partition coefficient (Wildman–Crippen LogP) is 5.22. The molecule has 25 heavy (non-hydrogen) atoms. The molecule has 0 saturated carbocycles. The molecule has 0 saturated heterocycles.